The Morgan fingerprint density at radius 2 is 1.89 bits per heavy atom. The molecule has 0 unspecified atom stereocenters. The predicted molar refractivity (Wildman–Crippen MR) is 144 cm³/mol. The molecule has 5 rings (SSSR count). The Kier molecular flexibility index (Phi) is 7.32. The molecule has 2 N–H and O–H groups in total. The summed E-state index contributed by atoms with van der Waals surface area (Å²) in [4.78, 5) is 19.4. The van der Waals surface area contributed by atoms with Crippen molar-refractivity contribution in [3.05, 3.63) is 69.7 Å². The summed E-state index contributed by atoms with van der Waals surface area (Å²) in [6, 6.07) is 9.99. The number of anilines is 2. The minimum atomic E-state index is -3.59. The second kappa shape index (κ2) is 10.5. The molecule has 202 valence electrons. The number of sulfonamides is 1. The maximum atomic E-state index is 13.5. The highest BCUT2D eigenvalue weighted by Gasteiger charge is 2.39. The molecule has 1 aliphatic heterocycles. The molecule has 0 spiro atoms. The van der Waals surface area contributed by atoms with E-state index in [0.717, 1.165) is 12.8 Å². The number of pyridine rings is 1. The van der Waals surface area contributed by atoms with Gasteiger partial charge in [-0.15, -0.1) is 0 Å². The van der Waals surface area contributed by atoms with Gasteiger partial charge in [-0.1, -0.05) is 30.7 Å². The van der Waals surface area contributed by atoms with Gasteiger partial charge in [0, 0.05) is 42.8 Å². The first-order valence-electron chi connectivity index (χ1n) is 12.3. The van der Waals surface area contributed by atoms with Crippen LogP contribution in [-0.2, 0) is 15.8 Å². The first-order chi connectivity index (χ1) is 18.2. The van der Waals surface area contributed by atoms with Gasteiger partial charge in [0.15, 0.2) is 0 Å². The van der Waals surface area contributed by atoms with Gasteiger partial charge >= 0.3 is 5.56 Å². The van der Waals surface area contributed by atoms with E-state index >= 15 is 0 Å². The molecule has 2 aromatic heterocycles. The lowest BCUT2D eigenvalue weighted by molar-refractivity contribution is 0.242. The number of nitrogens with one attached hydrogen (secondary N) is 1. The molecular formula is C25H29ClN6O5S. The number of nitrogens with zero attached hydrogens (tertiary/aromatic N) is 5. The van der Waals surface area contributed by atoms with Crippen LogP contribution in [-0.4, -0.2) is 65.5 Å². The van der Waals surface area contributed by atoms with Crippen LogP contribution in [0.2, 0.25) is 5.02 Å². The average Bonchev–Trinajstić information content (AvgIpc) is 3.65. The van der Waals surface area contributed by atoms with E-state index in [1.54, 1.807) is 36.5 Å². The molecule has 11 nitrogen and oxygen atoms in total. The molecule has 0 amide bonds. The fourth-order valence-electron chi connectivity index (χ4n) is 4.27. The average molecular weight is 561 g/mol. The summed E-state index contributed by atoms with van der Waals surface area (Å²) in [7, 11) is -3.59. The molecule has 13 heteroatoms. The normalized spacial score (nSPS) is 17.3. The number of halogens is 1. The molecule has 1 saturated heterocycles. The third-order valence-corrected chi connectivity index (χ3v) is 8.98. The van der Waals surface area contributed by atoms with E-state index in [4.69, 9.17) is 21.5 Å². The van der Waals surface area contributed by atoms with Crippen molar-refractivity contribution in [1.82, 2.24) is 19.1 Å². The fourth-order valence-corrected chi connectivity index (χ4v) is 5.95. The van der Waals surface area contributed by atoms with E-state index in [1.165, 1.54) is 21.3 Å². The molecule has 0 radical (unpaired) electrons. The zero-order valence-electron chi connectivity index (χ0n) is 20.9. The predicted octanol–water partition coefficient (Wildman–Crippen LogP) is 2.91. The summed E-state index contributed by atoms with van der Waals surface area (Å²) in [6.45, 7) is 3.79. The van der Waals surface area contributed by atoms with Crippen LogP contribution in [0.3, 0.4) is 0 Å². The van der Waals surface area contributed by atoms with Crippen molar-refractivity contribution >= 4 is 33.1 Å². The second-order valence-corrected chi connectivity index (χ2v) is 12.4. The van der Waals surface area contributed by atoms with E-state index in [0.29, 0.717) is 41.7 Å². The smallest absolute Gasteiger partial charge is 0.316 e. The summed E-state index contributed by atoms with van der Waals surface area (Å²) in [5.41, 5.74) is 3.19. The Hall–Kier alpha value is -3.19. The Morgan fingerprint density at radius 3 is 2.53 bits per heavy atom. The number of ether oxygens (including phenoxy) is 1. The van der Waals surface area contributed by atoms with Gasteiger partial charge in [-0.3, -0.25) is 15.5 Å². The molecule has 38 heavy (non-hydrogen) atoms. The zero-order chi connectivity index (χ0) is 26.9. The highest BCUT2D eigenvalue weighted by Crippen LogP contribution is 2.45. The highest BCUT2D eigenvalue weighted by molar-refractivity contribution is 7.88. The van der Waals surface area contributed by atoms with Crippen LogP contribution in [0.25, 0.3) is 5.69 Å². The SMILES string of the molecule is CC1(COc2c(N3CCN(S(=O)(=O)Cc4ccc(NO)nc4)CC3)cnn(-c3cccc(Cl)c3)c2=O)CC1. The lowest BCUT2D eigenvalue weighted by atomic mass is 10.2. The van der Waals surface area contributed by atoms with E-state index < -0.39 is 15.6 Å². The third kappa shape index (κ3) is 5.78. The molecule has 3 heterocycles. The van der Waals surface area contributed by atoms with Gasteiger partial charge in [-0.25, -0.2) is 13.4 Å². The highest BCUT2D eigenvalue weighted by atomic mass is 35.5. The molecule has 1 aliphatic carbocycles. The van der Waals surface area contributed by atoms with Crippen molar-refractivity contribution in [2.45, 2.75) is 25.5 Å². The van der Waals surface area contributed by atoms with Crippen molar-refractivity contribution in [2.24, 2.45) is 5.41 Å². The van der Waals surface area contributed by atoms with Crippen LogP contribution in [0.4, 0.5) is 11.5 Å². The second-order valence-electron chi connectivity index (χ2n) is 9.96. The third-order valence-electron chi connectivity index (χ3n) is 6.90. The lowest BCUT2D eigenvalue weighted by Crippen LogP contribution is -2.49. The van der Waals surface area contributed by atoms with Crippen LogP contribution < -0.4 is 20.7 Å². The van der Waals surface area contributed by atoms with Crippen molar-refractivity contribution in [2.75, 3.05) is 43.2 Å². The van der Waals surface area contributed by atoms with Crippen molar-refractivity contribution < 1.29 is 18.4 Å². The minimum absolute atomic E-state index is 0.0565. The van der Waals surface area contributed by atoms with Crippen LogP contribution >= 0.6 is 11.6 Å². The number of hydrogen-bond acceptors (Lipinski definition) is 9. The molecular weight excluding hydrogens is 532 g/mol. The number of hydrogen-bond donors (Lipinski definition) is 2. The van der Waals surface area contributed by atoms with Gasteiger partial charge in [0.25, 0.3) is 0 Å². The van der Waals surface area contributed by atoms with Crippen LogP contribution in [0.15, 0.2) is 53.6 Å². The summed E-state index contributed by atoms with van der Waals surface area (Å²) >= 11 is 6.13. The van der Waals surface area contributed by atoms with Gasteiger partial charge in [0.05, 0.1) is 24.2 Å². The Morgan fingerprint density at radius 1 is 1.13 bits per heavy atom. The lowest BCUT2D eigenvalue weighted by Gasteiger charge is -2.35. The molecule has 1 aromatic carbocycles. The first-order valence-corrected chi connectivity index (χ1v) is 14.3. The molecule has 0 bridgehead atoms. The summed E-state index contributed by atoms with van der Waals surface area (Å²) in [5, 5.41) is 13.8. The molecule has 2 aliphatic rings. The van der Waals surface area contributed by atoms with E-state index in [9.17, 15) is 13.2 Å². The van der Waals surface area contributed by atoms with Gasteiger partial charge in [-0.2, -0.15) is 14.1 Å². The van der Waals surface area contributed by atoms with E-state index in [-0.39, 0.29) is 35.8 Å². The Labute approximate surface area is 225 Å². The summed E-state index contributed by atoms with van der Waals surface area (Å²) in [6.07, 6.45) is 5.10. The van der Waals surface area contributed by atoms with Crippen molar-refractivity contribution in [3.63, 3.8) is 0 Å². The van der Waals surface area contributed by atoms with Crippen molar-refractivity contribution in [1.29, 1.82) is 0 Å². The number of benzene rings is 1. The zero-order valence-corrected chi connectivity index (χ0v) is 22.5. The number of rotatable bonds is 9. The molecule has 3 aromatic rings. The fraction of sp³-hybridized carbons (Fsp3) is 0.400. The first kappa shape index (κ1) is 26.4. The Balaban J connectivity index is 1.35. The quantitative estimate of drug-likeness (QED) is 0.379. The topological polar surface area (TPSA) is 130 Å². The minimum Gasteiger partial charge on any atom is -0.486 e. The van der Waals surface area contributed by atoms with Crippen LogP contribution in [0, 0.1) is 5.41 Å². The van der Waals surface area contributed by atoms with Gasteiger partial charge in [-0.05, 0) is 42.7 Å². The maximum absolute atomic E-state index is 13.5. The molecule has 1 saturated carbocycles. The van der Waals surface area contributed by atoms with Gasteiger partial charge in [0.2, 0.25) is 15.8 Å². The van der Waals surface area contributed by atoms with Crippen LogP contribution in [0.1, 0.15) is 25.3 Å². The van der Waals surface area contributed by atoms with Crippen molar-refractivity contribution in [3.8, 4) is 11.4 Å². The summed E-state index contributed by atoms with van der Waals surface area (Å²) in [5.74, 6) is 0.239. The standard InChI is InChI=1S/C25H29ClN6O5S/c1-25(7-8-25)17-37-23-21(15-28-32(24(23)33)20-4-2-3-19(26)13-20)30-9-11-31(12-10-30)38(35,36)16-18-5-6-22(29-34)27-14-18/h2-6,13-15,34H,7-12,16-17H2,1H3,(H,27,29). The molecule has 2 fully saturated rings. The summed E-state index contributed by atoms with van der Waals surface area (Å²) < 4.78 is 34.9. The van der Waals surface area contributed by atoms with Gasteiger partial charge < -0.3 is 9.64 Å². The Bertz CT molecular complexity index is 1470. The van der Waals surface area contributed by atoms with E-state index in [1.807, 2.05) is 10.4 Å². The number of aromatic nitrogens is 3. The maximum Gasteiger partial charge on any atom is 0.316 e. The van der Waals surface area contributed by atoms with Gasteiger partial charge in [0.1, 0.15) is 11.5 Å². The molecule has 0 atom stereocenters. The monoisotopic (exact) mass is 560 g/mol. The van der Waals surface area contributed by atoms with E-state index in [2.05, 4.69) is 17.0 Å². The number of piperazine rings is 1. The largest absolute Gasteiger partial charge is 0.486 e. The van der Waals surface area contributed by atoms with Crippen LogP contribution in [0.5, 0.6) is 5.75 Å².